The van der Waals surface area contributed by atoms with E-state index in [1.807, 2.05) is 0 Å². The van der Waals surface area contributed by atoms with Gasteiger partial charge in [-0.15, -0.1) is 0 Å². The smallest absolute Gasteiger partial charge is 0.272 e. The molecular weight excluding hydrogens is 381 g/mol. The molecule has 0 radical (unpaired) electrons. The Morgan fingerprint density at radius 2 is 2.04 bits per heavy atom. The maximum absolute atomic E-state index is 13.7. The van der Waals surface area contributed by atoms with E-state index in [-0.39, 0.29) is 5.56 Å². The summed E-state index contributed by atoms with van der Waals surface area (Å²) in [6.07, 6.45) is 3.46. The van der Waals surface area contributed by atoms with Crippen molar-refractivity contribution in [3.63, 3.8) is 0 Å². The fourth-order valence-corrected chi connectivity index (χ4v) is 3.41. The minimum absolute atomic E-state index is 0.0469. The van der Waals surface area contributed by atoms with Gasteiger partial charge in [0.2, 0.25) is 0 Å². The third-order valence-corrected chi connectivity index (χ3v) is 5.20. The molecule has 0 bridgehead atoms. The summed E-state index contributed by atoms with van der Waals surface area (Å²) in [5, 5.41) is 3.58. The molecule has 4 nitrogen and oxygen atoms in total. The Morgan fingerprint density at radius 1 is 1.30 bits per heavy atom. The normalized spacial score (nSPS) is 23.9. The lowest BCUT2D eigenvalue weighted by atomic mass is 9.78. The predicted molar refractivity (Wildman–Crippen MR) is 96.4 cm³/mol. The number of carbonyl (C=O) groups is 1. The van der Waals surface area contributed by atoms with Gasteiger partial charge in [0.1, 0.15) is 5.82 Å². The summed E-state index contributed by atoms with van der Waals surface area (Å²) in [5.41, 5.74) is 5.03. The van der Waals surface area contributed by atoms with Crippen molar-refractivity contribution in [1.29, 1.82) is 0 Å². The van der Waals surface area contributed by atoms with Gasteiger partial charge in [0.15, 0.2) is 5.11 Å². The van der Waals surface area contributed by atoms with E-state index in [1.54, 1.807) is 0 Å². The van der Waals surface area contributed by atoms with Crippen LogP contribution in [-0.2, 0) is 0 Å². The van der Waals surface area contributed by atoms with Crippen LogP contribution in [0.4, 0.5) is 4.39 Å². The molecule has 1 amide bonds. The van der Waals surface area contributed by atoms with E-state index >= 15 is 0 Å². The van der Waals surface area contributed by atoms with Crippen LogP contribution in [0.2, 0.25) is 0 Å². The minimum Gasteiger partial charge on any atom is -0.358 e. The molecule has 0 saturated heterocycles. The largest absolute Gasteiger partial charge is 0.358 e. The van der Waals surface area contributed by atoms with Crippen molar-refractivity contribution in [3.8, 4) is 0 Å². The highest BCUT2D eigenvalue weighted by Crippen LogP contribution is 2.29. The van der Waals surface area contributed by atoms with E-state index < -0.39 is 11.7 Å². The number of nitrogens with one attached hydrogen (secondary N) is 3. The standard InChI is InChI=1S/C16H21BrFN3OS/c1-9-4-3-5-14(10(9)2)19-16(23)21-20-15(22)12-8-11(17)6-7-13(12)18/h6-10,14H,3-5H2,1-2H3,(H,20,22)(H2,19,21,23)/t9-,10+,14+/m0/s1. The number of thiocarbonyl (C=S) groups is 1. The topological polar surface area (TPSA) is 53.2 Å². The van der Waals surface area contributed by atoms with Gasteiger partial charge in [0, 0.05) is 10.5 Å². The van der Waals surface area contributed by atoms with Crippen molar-refractivity contribution in [2.24, 2.45) is 11.8 Å². The highest BCUT2D eigenvalue weighted by atomic mass is 79.9. The van der Waals surface area contributed by atoms with E-state index in [9.17, 15) is 9.18 Å². The molecule has 1 aromatic rings. The van der Waals surface area contributed by atoms with Crippen LogP contribution < -0.4 is 16.2 Å². The molecular formula is C16H21BrFN3OS. The first-order valence-corrected chi connectivity index (χ1v) is 8.90. The molecule has 1 aliphatic carbocycles. The molecule has 3 N–H and O–H groups in total. The van der Waals surface area contributed by atoms with Crippen molar-refractivity contribution >= 4 is 39.2 Å². The summed E-state index contributed by atoms with van der Waals surface area (Å²) in [6.45, 7) is 4.45. The van der Waals surface area contributed by atoms with Crippen molar-refractivity contribution in [1.82, 2.24) is 16.2 Å². The number of hydrogen-bond donors (Lipinski definition) is 3. The lowest BCUT2D eigenvalue weighted by Crippen LogP contribution is -2.52. The van der Waals surface area contributed by atoms with Crippen molar-refractivity contribution < 1.29 is 9.18 Å². The first-order valence-electron chi connectivity index (χ1n) is 7.70. The summed E-state index contributed by atoms with van der Waals surface area (Å²) < 4.78 is 14.3. The molecule has 3 atom stereocenters. The molecule has 23 heavy (non-hydrogen) atoms. The number of carbonyl (C=O) groups excluding carboxylic acids is 1. The van der Waals surface area contributed by atoms with Gasteiger partial charge in [0.05, 0.1) is 5.56 Å². The second-order valence-electron chi connectivity index (χ2n) is 6.05. The molecule has 0 spiro atoms. The van der Waals surface area contributed by atoms with E-state index in [0.717, 1.165) is 6.42 Å². The van der Waals surface area contributed by atoms with Crippen LogP contribution in [0.3, 0.4) is 0 Å². The molecule has 126 valence electrons. The Kier molecular flexibility index (Phi) is 6.35. The number of hydrazine groups is 1. The van der Waals surface area contributed by atoms with Gasteiger partial charge in [-0.1, -0.05) is 42.6 Å². The van der Waals surface area contributed by atoms with Crippen molar-refractivity contribution in [2.45, 2.75) is 39.2 Å². The molecule has 1 fully saturated rings. The van der Waals surface area contributed by atoms with Gasteiger partial charge in [-0.3, -0.25) is 15.6 Å². The van der Waals surface area contributed by atoms with Gasteiger partial charge in [0.25, 0.3) is 5.91 Å². The lowest BCUT2D eigenvalue weighted by Gasteiger charge is -2.35. The summed E-state index contributed by atoms with van der Waals surface area (Å²) >= 11 is 8.43. The molecule has 2 rings (SSSR count). The lowest BCUT2D eigenvalue weighted by molar-refractivity contribution is 0.0939. The SMILES string of the molecule is C[C@@H]1[C@@H](C)CCC[C@H]1NC(=S)NNC(=O)c1cc(Br)ccc1F. The zero-order chi connectivity index (χ0) is 17.0. The summed E-state index contributed by atoms with van der Waals surface area (Å²) in [6, 6.07) is 4.49. The Labute approximate surface area is 149 Å². The second-order valence-corrected chi connectivity index (χ2v) is 7.37. The van der Waals surface area contributed by atoms with E-state index in [0.29, 0.717) is 27.5 Å². The van der Waals surface area contributed by atoms with Crippen LogP contribution >= 0.6 is 28.1 Å². The van der Waals surface area contributed by atoms with Crippen molar-refractivity contribution in [3.05, 3.63) is 34.1 Å². The van der Waals surface area contributed by atoms with Gasteiger partial charge < -0.3 is 5.32 Å². The van der Waals surface area contributed by atoms with Crippen LogP contribution in [0.1, 0.15) is 43.5 Å². The average molecular weight is 402 g/mol. The minimum atomic E-state index is -0.582. The number of halogens is 2. The molecule has 0 heterocycles. The Hall–Kier alpha value is -1.21. The number of benzene rings is 1. The fourth-order valence-electron chi connectivity index (χ4n) is 2.84. The Morgan fingerprint density at radius 3 is 2.78 bits per heavy atom. The van der Waals surface area contributed by atoms with Gasteiger partial charge >= 0.3 is 0 Å². The average Bonchev–Trinajstić information content (AvgIpc) is 2.52. The second kappa shape index (κ2) is 8.06. The number of rotatable bonds is 2. The number of hydrogen-bond acceptors (Lipinski definition) is 2. The summed E-state index contributed by atoms with van der Waals surface area (Å²) in [5.74, 6) is 0.00949. The van der Waals surface area contributed by atoms with Crippen LogP contribution in [0.5, 0.6) is 0 Å². The van der Waals surface area contributed by atoms with Gasteiger partial charge in [-0.2, -0.15) is 0 Å². The quantitative estimate of drug-likeness (QED) is 0.524. The summed E-state index contributed by atoms with van der Waals surface area (Å²) in [4.78, 5) is 12.0. The third kappa shape index (κ3) is 4.88. The highest BCUT2D eigenvalue weighted by molar-refractivity contribution is 9.10. The zero-order valence-electron chi connectivity index (χ0n) is 13.2. The molecule has 0 aromatic heterocycles. The first-order chi connectivity index (χ1) is 10.9. The molecule has 0 unspecified atom stereocenters. The molecule has 1 saturated carbocycles. The third-order valence-electron chi connectivity index (χ3n) is 4.49. The predicted octanol–water partition coefficient (Wildman–Crippen LogP) is 3.52. The maximum Gasteiger partial charge on any atom is 0.272 e. The number of amides is 1. The Balaban J connectivity index is 1.86. The summed E-state index contributed by atoms with van der Waals surface area (Å²) in [7, 11) is 0. The monoisotopic (exact) mass is 401 g/mol. The van der Waals surface area contributed by atoms with Crippen LogP contribution in [-0.4, -0.2) is 17.1 Å². The highest BCUT2D eigenvalue weighted by Gasteiger charge is 2.27. The van der Waals surface area contributed by atoms with Crippen LogP contribution in [0.25, 0.3) is 0 Å². The maximum atomic E-state index is 13.7. The first kappa shape index (κ1) is 18.1. The van der Waals surface area contributed by atoms with Crippen LogP contribution in [0.15, 0.2) is 22.7 Å². The Bertz CT molecular complexity index is 599. The van der Waals surface area contributed by atoms with E-state index in [2.05, 4.69) is 45.9 Å². The molecule has 1 aromatic carbocycles. The van der Waals surface area contributed by atoms with Gasteiger partial charge in [-0.25, -0.2) is 4.39 Å². The van der Waals surface area contributed by atoms with Crippen LogP contribution in [0, 0.1) is 17.7 Å². The molecule has 1 aliphatic rings. The van der Waals surface area contributed by atoms with E-state index in [4.69, 9.17) is 12.2 Å². The van der Waals surface area contributed by atoms with E-state index in [1.165, 1.54) is 31.0 Å². The van der Waals surface area contributed by atoms with Crippen molar-refractivity contribution in [2.75, 3.05) is 0 Å². The molecule has 0 aliphatic heterocycles. The fraction of sp³-hybridized carbons (Fsp3) is 0.500. The molecule has 7 heteroatoms. The van der Waals surface area contributed by atoms with Gasteiger partial charge in [-0.05, 0) is 48.7 Å². The zero-order valence-corrected chi connectivity index (χ0v) is 15.6.